The largest absolute Gasteiger partial charge is 0.491 e. The van der Waals surface area contributed by atoms with Gasteiger partial charge in [0.2, 0.25) is 15.9 Å². The van der Waals surface area contributed by atoms with E-state index in [9.17, 15) is 13.2 Å². The first kappa shape index (κ1) is 23.6. The smallest absolute Gasteiger partial charge is 0.243 e. The molecule has 0 spiro atoms. The number of hydrogen-bond acceptors (Lipinski definition) is 4. The quantitative estimate of drug-likeness (QED) is 0.673. The van der Waals surface area contributed by atoms with E-state index >= 15 is 0 Å². The van der Waals surface area contributed by atoms with E-state index in [0.29, 0.717) is 31.0 Å². The first-order chi connectivity index (χ1) is 14.7. The highest BCUT2D eigenvalue weighted by atomic mass is 35.5. The molecule has 3 rings (SSSR count). The first-order valence-electron chi connectivity index (χ1n) is 10.4. The number of amides is 1. The van der Waals surface area contributed by atoms with Crippen molar-refractivity contribution in [3.63, 3.8) is 0 Å². The number of carbonyl (C=O) groups is 1. The van der Waals surface area contributed by atoms with Gasteiger partial charge in [0.25, 0.3) is 0 Å². The average Bonchev–Trinajstić information content (AvgIpc) is 2.75. The van der Waals surface area contributed by atoms with Crippen molar-refractivity contribution in [3.05, 3.63) is 58.6 Å². The van der Waals surface area contributed by atoms with Gasteiger partial charge < -0.3 is 10.1 Å². The van der Waals surface area contributed by atoms with Gasteiger partial charge in [0.15, 0.2) is 0 Å². The third kappa shape index (κ3) is 5.99. The lowest BCUT2D eigenvalue weighted by Gasteiger charge is -2.31. The molecular formula is C23H29ClN2O4S. The Hall–Kier alpha value is -2.09. The number of ether oxygens (including phenoxy) is 1. The Balaban J connectivity index is 1.56. The molecule has 8 heteroatoms. The molecule has 1 heterocycles. The number of carbonyl (C=O) groups excluding carboxylic acids is 1. The van der Waals surface area contributed by atoms with Gasteiger partial charge in [-0.1, -0.05) is 17.7 Å². The predicted octanol–water partition coefficient (Wildman–Crippen LogP) is 3.94. The van der Waals surface area contributed by atoms with Crippen molar-refractivity contribution in [1.29, 1.82) is 0 Å². The van der Waals surface area contributed by atoms with Crippen LogP contribution in [0.25, 0.3) is 0 Å². The molecule has 0 radical (unpaired) electrons. The Morgan fingerprint density at radius 3 is 2.58 bits per heavy atom. The minimum Gasteiger partial charge on any atom is -0.491 e. The van der Waals surface area contributed by atoms with Gasteiger partial charge in [-0.05, 0) is 81.1 Å². The summed E-state index contributed by atoms with van der Waals surface area (Å²) in [7, 11) is -3.66. The Kier molecular flexibility index (Phi) is 7.62. The van der Waals surface area contributed by atoms with Crippen LogP contribution in [0, 0.1) is 19.8 Å². The normalized spacial score (nSPS) is 18.4. The lowest BCUT2D eigenvalue weighted by atomic mass is 9.98. The highest BCUT2D eigenvalue weighted by Gasteiger charge is 2.33. The van der Waals surface area contributed by atoms with E-state index in [0.717, 1.165) is 11.3 Å². The van der Waals surface area contributed by atoms with Crippen LogP contribution in [-0.4, -0.2) is 44.4 Å². The maximum Gasteiger partial charge on any atom is 0.243 e. The lowest BCUT2D eigenvalue weighted by Crippen LogP contribution is -2.48. The number of hydrogen-bond donors (Lipinski definition) is 1. The predicted molar refractivity (Wildman–Crippen MR) is 122 cm³/mol. The minimum atomic E-state index is -3.66. The minimum absolute atomic E-state index is 0.146. The summed E-state index contributed by atoms with van der Waals surface area (Å²) in [5.74, 6) is 0.231. The number of piperidine rings is 1. The van der Waals surface area contributed by atoms with E-state index in [1.54, 1.807) is 12.1 Å². The number of sulfonamides is 1. The van der Waals surface area contributed by atoms with Crippen molar-refractivity contribution in [2.24, 2.45) is 5.92 Å². The molecule has 6 nitrogen and oxygen atoms in total. The highest BCUT2D eigenvalue weighted by Crippen LogP contribution is 2.25. The summed E-state index contributed by atoms with van der Waals surface area (Å²) in [4.78, 5) is 13.0. The molecule has 168 valence electrons. The van der Waals surface area contributed by atoms with Crippen molar-refractivity contribution in [3.8, 4) is 5.75 Å². The number of rotatable bonds is 7. The van der Waals surface area contributed by atoms with Gasteiger partial charge in [-0.25, -0.2) is 8.42 Å². The van der Waals surface area contributed by atoms with Crippen molar-refractivity contribution in [1.82, 2.24) is 9.62 Å². The van der Waals surface area contributed by atoms with Gasteiger partial charge in [0, 0.05) is 18.1 Å². The summed E-state index contributed by atoms with van der Waals surface area (Å²) in [6, 6.07) is 11.8. The molecule has 1 amide bonds. The summed E-state index contributed by atoms with van der Waals surface area (Å²) >= 11 is 5.87. The van der Waals surface area contributed by atoms with Crippen LogP contribution in [0.2, 0.25) is 5.02 Å². The summed E-state index contributed by atoms with van der Waals surface area (Å²) in [6.07, 6.45) is 1.29. The SMILES string of the molecule is Cc1ccc(OC[C@H](C)NC(=O)[C@@H]2CCCN(S(=O)(=O)c3ccc(Cl)cc3)C2)cc1C. The van der Waals surface area contributed by atoms with E-state index in [1.807, 2.05) is 39.0 Å². The van der Waals surface area contributed by atoms with Crippen molar-refractivity contribution < 1.29 is 17.9 Å². The molecule has 2 atom stereocenters. The van der Waals surface area contributed by atoms with Crippen LogP contribution in [0.3, 0.4) is 0 Å². The molecular weight excluding hydrogens is 436 g/mol. The number of halogens is 1. The van der Waals surface area contributed by atoms with E-state index in [1.165, 1.54) is 22.0 Å². The van der Waals surface area contributed by atoms with Crippen LogP contribution in [-0.2, 0) is 14.8 Å². The summed E-state index contributed by atoms with van der Waals surface area (Å²) in [5.41, 5.74) is 2.35. The number of nitrogens with one attached hydrogen (secondary N) is 1. The summed E-state index contributed by atoms with van der Waals surface area (Å²) in [6.45, 7) is 6.86. The number of aryl methyl sites for hydroxylation is 2. The summed E-state index contributed by atoms with van der Waals surface area (Å²) in [5, 5.41) is 3.44. The molecule has 0 saturated carbocycles. The van der Waals surface area contributed by atoms with E-state index < -0.39 is 10.0 Å². The molecule has 2 aromatic carbocycles. The molecule has 0 aromatic heterocycles. The molecule has 1 fully saturated rings. The van der Waals surface area contributed by atoms with Crippen LogP contribution in [0.1, 0.15) is 30.9 Å². The van der Waals surface area contributed by atoms with Gasteiger partial charge in [0.1, 0.15) is 12.4 Å². The zero-order valence-electron chi connectivity index (χ0n) is 18.1. The Bertz CT molecular complexity index is 1020. The zero-order valence-corrected chi connectivity index (χ0v) is 19.7. The molecule has 0 bridgehead atoms. The average molecular weight is 465 g/mol. The molecule has 1 N–H and O–H groups in total. The third-order valence-electron chi connectivity index (χ3n) is 5.57. The molecule has 1 aliphatic heterocycles. The van der Waals surface area contributed by atoms with E-state index in [-0.39, 0.29) is 29.3 Å². The van der Waals surface area contributed by atoms with Gasteiger partial charge in [0.05, 0.1) is 16.9 Å². The fourth-order valence-electron chi connectivity index (χ4n) is 3.56. The second kappa shape index (κ2) is 10.0. The maximum absolute atomic E-state index is 12.9. The van der Waals surface area contributed by atoms with E-state index in [2.05, 4.69) is 5.32 Å². The Labute approximate surface area is 189 Å². The zero-order chi connectivity index (χ0) is 22.6. The van der Waals surface area contributed by atoms with Crippen LogP contribution >= 0.6 is 11.6 Å². The van der Waals surface area contributed by atoms with Gasteiger partial charge >= 0.3 is 0 Å². The molecule has 31 heavy (non-hydrogen) atoms. The lowest BCUT2D eigenvalue weighted by molar-refractivity contribution is -0.126. The van der Waals surface area contributed by atoms with Gasteiger partial charge in [-0.3, -0.25) is 4.79 Å². The standard InChI is InChI=1S/C23H29ClN2O4S/c1-16-6-9-21(13-17(16)2)30-15-18(3)25-23(27)19-5-4-12-26(14-19)31(28,29)22-10-7-20(24)8-11-22/h6-11,13,18-19H,4-5,12,14-15H2,1-3H3,(H,25,27)/t18-,19+/m0/s1. The second-order valence-electron chi connectivity index (χ2n) is 8.12. The fraction of sp³-hybridized carbons (Fsp3) is 0.435. The Morgan fingerprint density at radius 2 is 1.90 bits per heavy atom. The topological polar surface area (TPSA) is 75.7 Å². The van der Waals surface area contributed by atoms with Crippen LogP contribution in [0.15, 0.2) is 47.4 Å². The summed E-state index contributed by atoms with van der Waals surface area (Å²) < 4.78 is 33.1. The molecule has 0 aliphatic carbocycles. The van der Waals surface area contributed by atoms with E-state index in [4.69, 9.17) is 16.3 Å². The van der Waals surface area contributed by atoms with Gasteiger partial charge in [-0.15, -0.1) is 0 Å². The van der Waals surface area contributed by atoms with Crippen molar-refractivity contribution >= 4 is 27.5 Å². The van der Waals surface area contributed by atoms with Crippen molar-refractivity contribution in [2.45, 2.75) is 44.6 Å². The van der Waals surface area contributed by atoms with Crippen LogP contribution in [0.5, 0.6) is 5.75 Å². The first-order valence-corrected chi connectivity index (χ1v) is 12.2. The van der Waals surface area contributed by atoms with Crippen LogP contribution < -0.4 is 10.1 Å². The van der Waals surface area contributed by atoms with Crippen LogP contribution in [0.4, 0.5) is 0 Å². The number of nitrogens with zero attached hydrogens (tertiary/aromatic N) is 1. The van der Waals surface area contributed by atoms with Gasteiger partial charge in [-0.2, -0.15) is 4.31 Å². The molecule has 2 aromatic rings. The molecule has 1 saturated heterocycles. The molecule has 1 aliphatic rings. The van der Waals surface area contributed by atoms with Crippen molar-refractivity contribution in [2.75, 3.05) is 19.7 Å². The highest BCUT2D eigenvalue weighted by molar-refractivity contribution is 7.89. The monoisotopic (exact) mass is 464 g/mol. The maximum atomic E-state index is 12.9. The second-order valence-corrected chi connectivity index (χ2v) is 10.5. The molecule has 0 unspecified atom stereocenters. The fourth-order valence-corrected chi connectivity index (χ4v) is 5.21. The third-order valence-corrected chi connectivity index (χ3v) is 7.70. The Morgan fingerprint density at radius 1 is 1.19 bits per heavy atom. The number of benzene rings is 2.